The van der Waals surface area contributed by atoms with E-state index >= 15 is 0 Å². The predicted molar refractivity (Wildman–Crippen MR) is 54.7 cm³/mol. The largest absolute Gasteiger partial charge is 0.478 e. The van der Waals surface area contributed by atoms with Gasteiger partial charge in [0.1, 0.15) is 16.4 Å². The molecule has 0 aliphatic heterocycles. The van der Waals surface area contributed by atoms with E-state index in [1.165, 1.54) is 18.0 Å². The van der Waals surface area contributed by atoms with Crippen LogP contribution in [-0.2, 0) is 0 Å². The molecule has 0 bridgehead atoms. The monoisotopic (exact) mass is 212 g/mol. The Morgan fingerprint density at radius 1 is 1.64 bits per heavy atom. The number of rotatable bonds is 4. The fraction of sp³-hybridized carbons (Fsp3) is 0.444. The number of aromatic carboxylic acids is 1. The van der Waals surface area contributed by atoms with E-state index in [0.717, 1.165) is 12.2 Å². The second kappa shape index (κ2) is 4.95. The van der Waals surface area contributed by atoms with Gasteiger partial charge in [0.05, 0.1) is 0 Å². The van der Waals surface area contributed by atoms with Gasteiger partial charge in [-0.1, -0.05) is 6.92 Å². The zero-order valence-electron chi connectivity index (χ0n) is 8.15. The quantitative estimate of drug-likeness (QED) is 0.610. The molecule has 0 radical (unpaired) electrons. The number of nitrogens with zero attached hydrogens (tertiary/aromatic N) is 2. The summed E-state index contributed by atoms with van der Waals surface area (Å²) in [5.41, 5.74) is 0.189. The van der Waals surface area contributed by atoms with Crippen LogP contribution in [0.3, 0.4) is 0 Å². The van der Waals surface area contributed by atoms with Crippen molar-refractivity contribution in [1.29, 1.82) is 0 Å². The normalized spacial score (nSPS) is 10.1. The van der Waals surface area contributed by atoms with Gasteiger partial charge < -0.3 is 5.11 Å². The zero-order chi connectivity index (χ0) is 10.6. The fourth-order valence-corrected chi connectivity index (χ4v) is 1.79. The van der Waals surface area contributed by atoms with Crippen LogP contribution in [0.2, 0.25) is 0 Å². The highest BCUT2D eigenvalue weighted by molar-refractivity contribution is 7.99. The van der Waals surface area contributed by atoms with Gasteiger partial charge >= 0.3 is 5.97 Å². The van der Waals surface area contributed by atoms with Crippen molar-refractivity contribution >= 4 is 17.7 Å². The Hall–Kier alpha value is -1.10. The molecule has 0 atom stereocenters. The highest BCUT2D eigenvalue weighted by Gasteiger charge is 2.12. The topological polar surface area (TPSA) is 63.1 Å². The van der Waals surface area contributed by atoms with Crippen molar-refractivity contribution in [2.24, 2.45) is 0 Å². The molecular formula is C9H12N2O2S. The van der Waals surface area contributed by atoms with Gasteiger partial charge in [-0.05, 0) is 19.1 Å². The van der Waals surface area contributed by atoms with Crippen LogP contribution >= 0.6 is 11.8 Å². The molecule has 0 saturated heterocycles. The molecule has 1 rings (SSSR count). The van der Waals surface area contributed by atoms with Gasteiger partial charge in [0.15, 0.2) is 0 Å². The summed E-state index contributed by atoms with van der Waals surface area (Å²) in [5.74, 6) is 0.508. The second-order valence-corrected chi connectivity index (χ2v) is 3.87. The van der Waals surface area contributed by atoms with Crippen molar-refractivity contribution in [1.82, 2.24) is 9.97 Å². The van der Waals surface area contributed by atoms with Crippen LogP contribution in [0.5, 0.6) is 0 Å². The summed E-state index contributed by atoms with van der Waals surface area (Å²) >= 11 is 1.46. The van der Waals surface area contributed by atoms with Crippen LogP contribution < -0.4 is 0 Å². The Morgan fingerprint density at radius 2 is 2.36 bits per heavy atom. The Morgan fingerprint density at radius 3 is 2.93 bits per heavy atom. The molecule has 0 spiro atoms. The smallest absolute Gasteiger partial charge is 0.340 e. The van der Waals surface area contributed by atoms with Crippen molar-refractivity contribution < 1.29 is 9.90 Å². The van der Waals surface area contributed by atoms with Crippen LogP contribution in [0.4, 0.5) is 0 Å². The minimum atomic E-state index is -0.969. The first kappa shape index (κ1) is 11.0. The molecule has 0 aliphatic carbocycles. The number of hydrogen-bond acceptors (Lipinski definition) is 4. The first-order chi connectivity index (χ1) is 6.65. The summed E-state index contributed by atoms with van der Waals surface area (Å²) < 4.78 is 0. The second-order valence-electron chi connectivity index (χ2n) is 2.79. The number of aromatic nitrogens is 2. The number of carboxylic acids is 1. The first-order valence-corrected chi connectivity index (χ1v) is 5.33. The van der Waals surface area contributed by atoms with E-state index in [2.05, 4.69) is 9.97 Å². The highest BCUT2D eigenvalue weighted by atomic mass is 32.2. The van der Waals surface area contributed by atoms with E-state index in [1.807, 2.05) is 6.92 Å². The highest BCUT2D eigenvalue weighted by Crippen LogP contribution is 2.20. The van der Waals surface area contributed by atoms with E-state index in [4.69, 9.17) is 5.11 Å². The third kappa shape index (κ3) is 2.70. The molecule has 0 saturated carbocycles. The Bertz CT molecular complexity index is 342. The van der Waals surface area contributed by atoms with Crippen LogP contribution in [0, 0.1) is 6.92 Å². The SMILES string of the molecule is CCCSc1nc(C)ncc1C(=O)O. The van der Waals surface area contributed by atoms with Crippen LogP contribution in [-0.4, -0.2) is 26.8 Å². The lowest BCUT2D eigenvalue weighted by atomic mass is 10.3. The van der Waals surface area contributed by atoms with Gasteiger partial charge in [-0.15, -0.1) is 11.8 Å². The third-order valence-corrected chi connectivity index (χ3v) is 2.74. The molecule has 0 unspecified atom stereocenters. The van der Waals surface area contributed by atoms with E-state index in [0.29, 0.717) is 10.9 Å². The van der Waals surface area contributed by atoms with E-state index < -0.39 is 5.97 Å². The maximum absolute atomic E-state index is 10.8. The molecule has 1 aromatic heterocycles. The molecule has 0 aliphatic rings. The molecule has 5 heteroatoms. The molecule has 76 valence electrons. The molecule has 1 N–H and O–H groups in total. The number of carboxylic acid groups (broad SMARTS) is 1. The Labute approximate surface area is 86.8 Å². The minimum Gasteiger partial charge on any atom is -0.478 e. The summed E-state index contributed by atoms with van der Waals surface area (Å²) in [5, 5.41) is 9.42. The van der Waals surface area contributed by atoms with Gasteiger partial charge in [-0.3, -0.25) is 0 Å². The summed E-state index contributed by atoms with van der Waals surface area (Å²) in [6, 6.07) is 0. The Balaban J connectivity index is 2.97. The molecule has 0 fully saturated rings. The lowest BCUT2D eigenvalue weighted by Gasteiger charge is -2.03. The fourth-order valence-electron chi connectivity index (χ4n) is 0.905. The average Bonchev–Trinajstić information content (AvgIpc) is 2.14. The summed E-state index contributed by atoms with van der Waals surface area (Å²) in [7, 11) is 0. The van der Waals surface area contributed by atoms with Gasteiger partial charge in [0, 0.05) is 6.20 Å². The van der Waals surface area contributed by atoms with Crippen molar-refractivity contribution in [2.75, 3.05) is 5.75 Å². The van der Waals surface area contributed by atoms with Gasteiger partial charge in [-0.2, -0.15) is 0 Å². The van der Waals surface area contributed by atoms with Crippen LogP contribution in [0.25, 0.3) is 0 Å². The van der Waals surface area contributed by atoms with Gasteiger partial charge in [-0.25, -0.2) is 14.8 Å². The first-order valence-electron chi connectivity index (χ1n) is 4.35. The standard InChI is InChI=1S/C9H12N2O2S/c1-3-4-14-8-7(9(12)13)5-10-6(2)11-8/h5H,3-4H2,1-2H3,(H,12,13). The lowest BCUT2D eigenvalue weighted by Crippen LogP contribution is -2.04. The maximum Gasteiger partial charge on any atom is 0.340 e. The van der Waals surface area contributed by atoms with Gasteiger partial charge in [0.2, 0.25) is 0 Å². The number of aryl methyl sites for hydroxylation is 1. The van der Waals surface area contributed by atoms with Crippen molar-refractivity contribution in [3.8, 4) is 0 Å². The van der Waals surface area contributed by atoms with Crippen molar-refractivity contribution in [3.05, 3.63) is 17.6 Å². The van der Waals surface area contributed by atoms with Crippen LogP contribution in [0.1, 0.15) is 29.5 Å². The molecule has 1 heterocycles. The summed E-state index contributed by atoms with van der Waals surface area (Å²) in [4.78, 5) is 18.8. The number of hydrogen-bond donors (Lipinski definition) is 1. The average molecular weight is 212 g/mol. The van der Waals surface area contributed by atoms with E-state index in [-0.39, 0.29) is 5.56 Å². The number of thioether (sulfide) groups is 1. The molecule has 14 heavy (non-hydrogen) atoms. The van der Waals surface area contributed by atoms with E-state index in [9.17, 15) is 4.79 Å². The molecule has 1 aromatic rings. The zero-order valence-corrected chi connectivity index (χ0v) is 8.97. The van der Waals surface area contributed by atoms with Gasteiger partial charge in [0.25, 0.3) is 0 Å². The third-order valence-electron chi connectivity index (χ3n) is 1.55. The minimum absolute atomic E-state index is 0.189. The lowest BCUT2D eigenvalue weighted by molar-refractivity contribution is 0.0691. The summed E-state index contributed by atoms with van der Waals surface area (Å²) in [6.07, 6.45) is 2.36. The molecule has 0 aromatic carbocycles. The Kier molecular flexibility index (Phi) is 3.88. The van der Waals surface area contributed by atoms with Crippen molar-refractivity contribution in [3.63, 3.8) is 0 Å². The predicted octanol–water partition coefficient (Wildman–Crippen LogP) is 1.99. The van der Waals surface area contributed by atoms with Crippen LogP contribution in [0.15, 0.2) is 11.2 Å². The molecule has 0 amide bonds. The molecule has 4 nitrogen and oxygen atoms in total. The summed E-state index contributed by atoms with van der Waals surface area (Å²) in [6.45, 7) is 3.79. The van der Waals surface area contributed by atoms with E-state index in [1.54, 1.807) is 6.92 Å². The molecular weight excluding hydrogens is 200 g/mol. The number of carbonyl (C=O) groups is 1. The van der Waals surface area contributed by atoms with Crippen molar-refractivity contribution in [2.45, 2.75) is 25.3 Å². The maximum atomic E-state index is 10.8.